The number of aromatic nitrogens is 1. The maximum absolute atomic E-state index is 13.5. The number of benzene rings is 1. The largest absolute Gasteiger partial charge is 0.360 e. The van der Waals surface area contributed by atoms with Crippen molar-refractivity contribution >= 4 is 17.6 Å². The minimum absolute atomic E-state index is 0.00524. The standard InChI is InChI=1S/C16H18FN3O3/c1-10-8-13(20-23-10)19-15(22)16(2,3)14(21)18-9-11-6-4-5-7-12(11)17/h4-8H,9H2,1-3H3,(H,18,21)(H,19,20,22). The minimum atomic E-state index is -1.35. The van der Waals surface area contributed by atoms with Gasteiger partial charge in [0.1, 0.15) is 17.0 Å². The Hall–Kier alpha value is -2.70. The number of hydrogen-bond acceptors (Lipinski definition) is 4. The molecule has 0 aliphatic heterocycles. The molecule has 2 rings (SSSR count). The zero-order chi connectivity index (χ0) is 17.0. The van der Waals surface area contributed by atoms with Gasteiger partial charge in [-0.05, 0) is 26.8 Å². The monoisotopic (exact) mass is 319 g/mol. The number of nitrogens with one attached hydrogen (secondary N) is 2. The molecule has 122 valence electrons. The zero-order valence-corrected chi connectivity index (χ0v) is 13.1. The number of hydrogen-bond donors (Lipinski definition) is 2. The molecule has 1 heterocycles. The van der Waals surface area contributed by atoms with Crippen LogP contribution in [0.2, 0.25) is 0 Å². The van der Waals surface area contributed by atoms with E-state index in [2.05, 4.69) is 15.8 Å². The molecule has 0 radical (unpaired) electrons. The average molecular weight is 319 g/mol. The molecule has 2 aromatic rings. The first-order valence-corrected chi connectivity index (χ1v) is 7.07. The summed E-state index contributed by atoms with van der Waals surface area (Å²) in [6, 6.07) is 7.67. The molecular weight excluding hydrogens is 301 g/mol. The summed E-state index contributed by atoms with van der Waals surface area (Å²) in [5, 5.41) is 8.73. The molecule has 2 amide bonds. The third-order valence-corrected chi connectivity index (χ3v) is 3.40. The lowest BCUT2D eigenvalue weighted by molar-refractivity contribution is -0.138. The smallest absolute Gasteiger partial charge is 0.240 e. The van der Waals surface area contributed by atoms with E-state index in [1.54, 1.807) is 31.2 Å². The van der Waals surface area contributed by atoms with E-state index < -0.39 is 23.0 Å². The van der Waals surface area contributed by atoms with Crippen molar-refractivity contribution in [3.8, 4) is 0 Å². The van der Waals surface area contributed by atoms with Crippen LogP contribution in [0, 0.1) is 18.2 Å². The average Bonchev–Trinajstić information content (AvgIpc) is 2.91. The highest BCUT2D eigenvalue weighted by molar-refractivity contribution is 6.09. The normalized spacial score (nSPS) is 11.1. The summed E-state index contributed by atoms with van der Waals surface area (Å²) in [5.74, 6) is -0.673. The molecule has 0 aliphatic carbocycles. The highest BCUT2D eigenvalue weighted by atomic mass is 19.1. The van der Waals surface area contributed by atoms with E-state index in [4.69, 9.17) is 4.52 Å². The Morgan fingerprint density at radius 3 is 2.57 bits per heavy atom. The van der Waals surface area contributed by atoms with Crippen molar-refractivity contribution in [2.45, 2.75) is 27.3 Å². The number of amides is 2. The van der Waals surface area contributed by atoms with Crippen LogP contribution in [-0.4, -0.2) is 17.0 Å². The molecular formula is C16H18FN3O3. The van der Waals surface area contributed by atoms with Crippen LogP contribution < -0.4 is 10.6 Å². The van der Waals surface area contributed by atoms with Crippen molar-refractivity contribution < 1.29 is 18.5 Å². The minimum Gasteiger partial charge on any atom is -0.360 e. The molecule has 0 bridgehead atoms. The van der Waals surface area contributed by atoms with E-state index in [1.807, 2.05) is 0 Å². The summed E-state index contributed by atoms with van der Waals surface area (Å²) in [7, 11) is 0. The van der Waals surface area contributed by atoms with Crippen molar-refractivity contribution in [2.75, 3.05) is 5.32 Å². The Bertz CT molecular complexity index is 725. The first kappa shape index (κ1) is 16.7. The maximum Gasteiger partial charge on any atom is 0.240 e. The molecule has 0 saturated carbocycles. The Morgan fingerprint density at radius 1 is 1.26 bits per heavy atom. The van der Waals surface area contributed by atoms with Gasteiger partial charge in [0.2, 0.25) is 11.8 Å². The second-order valence-corrected chi connectivity index (χ2v) is 5.68. The van der Waals surface area contributed by atoms with Gasteiger partial charge in [0.05, 0.1) is 0 Å². The summed E-state index contributed by atoms with van der Waals surface area (Å²) < 4.78 is 18.4. The van der Waals surface area contributed by atoms with Gasteiger partial charge >= 0.3 is 0 Å². The number of nitrogens with zero attached hydrogens (tertiary/aromatic N) is 1. The Morgan fingerprint density at radius 2 is 1.96 bits per heavy atom. The quantitative estimate of drug-likeness (QED) is 0.829. The van der Waals surface area contributed by atoms with Gasteiger partial charge in [0.15, 0.2) is 5.82 Å². The van der Waals surface area contributed by atoms with Crippen LogP contribution >= 0.6 is 0 Å². The lowest BCUT2D eigenvalue weighted by Crippen LogP contribution is -2.45. The summed E-state index contributed by atoms with van der Waals surface area (Å²) in [5.41, 5.74) is -0.998. The summed E-state index contributed by atoms with van der Waals surface area (Å²) >= 11 is 0. The number of anilines is 1. The van der Waals surface area contributed by atoms with Gasteiger partial charge in [-0.1, -0.05) is 23.4 Å². The molecule has 0 spiro atoms. The first-order valence-electron chi connectivity index (χ1n) is 7.07. The third-order valence-electron chi connectivity index (χ3n) is 3.40. The van der Waals surface area contributed by atoms with Gasteiger partial charge in [-0.15, -0.1) is 0 Å². The SMILES string of the molecule is Cc1cc(NC(=O)C(C)(C)C(=O)NCc2ccccc2F)no1. The van der Waals surface area contributed by atoms with Crippen molar-refractivity contribution in [3.63, 3.8) is 0 Å². The molecule has 0 atom stereocenters. The molecule has 2 N–H and O–H groups in total. The molecule has 0 fully saturated rings. The fraction of sp³-hybridized carbons (Fsp3) is 0.312. The van der Waals surface area contributed by atoms with E-state index in [-0.39, 0.29) is 12.4 Å². The lowest BCUT2D eigenvalue weighted by Gasteiger charge is -2.22. The van der Waals surface area contributed by atoms with Crippen LogP contribution in [0.5, 0.6) is 0 Å². The van der Waals surface area contributed by atoms with Gasteiger partial charge in [-0.3, -0.25) is 9.59 Å². The molecule has 1 aromatic heterocycles. The van der Waals surface area contributed by atoms with Crippen molar-refractivity contribution in [1.82, 2.24) is 10.5 Å². The molecule has 0 unspecified atom stereocenters. The van der Waals surface area contributed by atoms with E-state index >= 15 is 0 Å². The van der Waals surface area contributed by atoms with E-state index in [9.17, 15) is 14.0 Å². The summed E-state index contributed by atoms with van der Waals surface area (Å²) in [4.78, 5) is 24.5. The fourth-order valence-corrected chi connectivity index (χ4v) is 1.84. The van der Waals surface area contributed by atoms with Crippen LogP contribution in [0.3, 0.4) is 0 Å². The number of carbonyl (C=O) groups excluding carboxylic acids is 2. The highest BCUT2D eigenvalue weighted by Crippen LogP contribution is 2.19. The first-order chi connectivity index (χ1) is 10.8. The Kier molecular flexibility index (Phi) is 4.78. The maximum atomic E-state index is 13.5. The highest BCUT2D eigenvalue weighted by Gasteiger charge is 2.36. The van der Waals surface area contributed by atoms with E-state index in [0.717, 1.165) is 0 Å². The topological polar surface area (TPSA) is 84.2 Å². The predicted molar refractivity (Wildman–Crippen MR) is 81.9 cm³/mol. The molecule has 23 heavy (non-hydrogen) atoms. The molecule has 7 heteroatoms. The number of carbonyl (C=O) groups is 2. The van der Waals surface area contributed by atoms with Crippen LogP contribution in [-0.2, 0) is 16.1 Å². The van der Waals surface area contributed by atoms with Crippen LogP contribution in [0.15, 0.2) is 34.9 Å². The molecule has 1 aromatic carbocycles. The van der Waals surface area contributed by atoms with Gasteiger partial charge in [0.25, 0.3) is 0 Å². The second-order valence-electron chi connectivity index (χ2n) is 5.68. The van der Waals surface area contributed by atoms with E-state index in [0.29, 0.717) is 11.3 Å². The third kappa shape index (κ3) is 3.94. The molecule has 0 saturated heterocycles. The molecule has 0 aliphatic rings. The van der Waals surface area contributed by atoms with E-state index in [1.165, 1.54) is 19.9 Å². The van der Waals surface area contributed by atoms with Crippen LogP contribution in [0.4, 0.5) is 10.2 Å². The Balaban J connectivity index is 1.99. The number of halogens is 1. The van der Waals surface area contributed by atoms with Crippen molar-refractivity contribution in [2.24, 2.45) is 5.41 Å². The van der Waals surface area contributed by atoms with Gasteiger partial charge in [-0.2, -0.15) is 0 Å². The predicted octanol–water partition coefficient (Wildman–Crippen LogP) is 2.40. The Labute approximate surface area is 133 Å². The van der Waals surface area contributed by atoms with Crippen molar-refractivity contribution in [1.29, 1.82) is 0 Å². The van der Waals surface area contributed by atoms with Gasteiger partial charge < -0.3 is 15.2 Å². The van der Waals surface area contributed by atoms with Crippen LogP contribution in [0.25, 0.3) is 0 Å². The summed E-state index contributed by atoms with van der Waals surface area (Å²) in [6.45, 7) is 4.65. The second kappa shape index (κ2) is 6.60. The summed E-state index contributed by atoms with van der Waals surface area (Å²) in [6.07, 6.45) is 0. The number of aryl methyl sites for hydroxylation is 1. The van der Waals surface area contributed by atoms with Crippen LogP contribution in [0.1, 0.15) is 25.2 Å². The zero-order valence-electron chi connectivity index (χ0n) is 13.1. The van der Waals surface area contributed by atoms with Crippen molar-refractivity contribution in [3.05, 3.63) is 47.5 Å². The lowest BCUT2D eigenvalue weighted by atomic mass is 9.91. The fourth-order valence-electron chi connectivity index (χ4n) is 1.84. The number of rotatable bonds is 5. The van der Waals surface area contributed by atoms with Gasteiger partial charge in [-0.25, -0.2) is 4.39 Å². The molecule has 6 nitrogen and oxygen atoms in total. The van der Waals surface area contributed by atoms with Gasteiger partial charge in [0, 0.05) is 18.2 Å².